The summed E-state index contributed by atoms with van der Waals surface area (Å²) in [6.45, 7) is 5.33. The molecule has 1 saturated carbocycles. The number of aryl methyl sites for hydroxylation is 1. The predicted molar refractivity (Wildman–Crippen MR) is 63.5 cm³/mol. The maximum atomic E-state index is 4.48. The third-order valence-corrected chi connectivity index (χ3v) is 3.36. The van der Waals surface area contributed by atoms with Gasteiger partial charge in [-0.05, 0) is 36.8 Å². The van der Waals surface area contributed by atoms with Gasteiger partial charge in [-0.25, -0.2) is 4.52 Å². The van der Waals surface area contributed by atoms with Crippen molar-refractivity contribution in [3.05, 3.63) is 23.9 Å². The summed E-state index contributed by atoms with van der Waals surface area (Å²) in [4.78, 5) is 4.48. The van der Waals surface area contributed by atoms with Crippen LogP contribution in [0, 0.1) is 18.8 Å². The lowest BCUT2D eigenvalue weighted by Gasteiger charge is -1.97. The predicted octanol–water partition coefficient (Wildman–Crippen LogP) is 2.11. The van der Waals surface area contributed by atoms with E-state index in [0.29, 0.717) is 0 Å². The fraction of sp³-hybridized carbons (Fsp3) is 0.500. The number of hydrogen-bond donors (Lipinski definition) is 1. The van der Waals surface area contributed by atoms with Crippen LogP contribution in [-0.2, 0) is 0 Å². The molecule has 4 heteroatoms. The molecule has 2 aromatic rings. The molecule has 2 heterocycles. The van der Waals surface area contributed by atoms with Gasteiger partial charge in [-0.3, -0.25) is 0 Å². The smallest absolute Gasteiger partial charge is 0.243 e. The second-order valence-electron chi connectivity index (χ2n) is 4.75. The summed E-state index contributed by atoms with van der Waals surface area (Å²) < 4.78 is 1.83. The number of nitrogens with one attached hydrogen (secondary N) is 1. The van der Waals surface area contributed by atoms with Crippen molar-refractivity contribution in [3.8, 4) is 0 Å². The van der Waals surface area contributed by atoms with Crippen molar-refractivity contribution >= 4 is 11.6 Å². The summed E-state index contributed by atoms with van der Waals surface area (Å²) in [6.07, 6.45) is 3.26. The summed E-state index contributed by atoms with van der Waals surface area (Å²) >= 11 is 0. The number of fused-ring (bicyclic) bond motifs is 1. The molecular formula is C12H16N4. The van der Waals surface area contributed by atoms with Crippen LogP contribution in [0.15, 0.2) is 18.3 Å². The van der Waals surface area contributed by atoms with Crippen LogP contribution in [0.25, 0.3) is 5.65 Å². The molecule has 1 N–H and O–H groups in total. The van der Waals surface area contributed by atoms with Crippen molar-refractivity contribution in [3.63, 3.8) is 0 Å². The Kier molecular flexibility index (Phi) is 2.09. The largest absolute Gasteiger partial charge is 0.353 e. The molecule has 0 amide bonds. The van der Waals surface area contributed by atoms with E-state index in [0.717, 1.165) is 35.5 Å². The monoisotopic (exact) mass is 216 g/mol. The normalized spacial score (nSPS) is 23.6. The molecule has 1 aliphatic carbocycles. The molecule has 0 spiro atoms. The van der Waals surface area contributed by atoms with Crippen LogP contribution in [0.4, 0.5) is 5.95 Å². The fourth-order valence-electron chi connectivity index (χ4n) is 2.02. The number of pyridine rings is 1. The van der Waals surface area contributed by atoms with E-state index >= 15 is 0 Å². The minimum absolute atomic E-state index is 0.744. The Morgan fingerprint density at radius 2 is 2.38 bits per heavy atom. The maximum Gasteiger partial charge on any atom is 0.243 e. The van der Waals surface area contributed by atoms with Crippen LogP contribution in [-0.4, -0.2) is 21.1 Å². The summed E-state index contributed by atoms with van der Waals surface area (Å²) in [7, 11) is 0. The zero-order valence-corrected chi connectivity index (χ0v) is 9.64. The molecule has 2 atom stereocenters. The van der Waals surface area contributed by atoms with Crippen LogP contribution in [0.1, 0.15) is 18.9 Å². The lowest BCUT2D eigenvalue weighted by atomic mass is 10.3. The molecule has 2 unspecified atom stereocenters. The highest BCUT2D eigenvalue weighted by Gasteiger charge is 2.32. The van der Waals surface area contributed by atoms with E-state index in [2.05, 4.69) is 35.3 Å². The Hall–Kier alpha value is -1.58. The second-order valence-corrected chi connectivity index (χ2v) is 4.75. The Labute approximate surface area is 94.7 Å². The molecule has 4 nitrogen and oxygen atoms in total. The van der Waals surface area contributed by atoms with E-state index in [-0.39, 0.29) is 0 Å². The Bertz CT molecular complexity index is 517. The SMILES string of the molecule is Cc1cccn2nc(NCC3CC3C)nc12. The third kappa shape index (κ3) is 1.64. The van der Waals surface area contributed by atoms with Crippen LogP contribution < -0.4 is 5.32 Å². The van der Waals surface area contributed by atoms with Crippen LogP contribution >= 0.6 is 0 Å². The molecule has 0 aromatic carbocycles. The first kappa shape index (κ1) is 9.63. The first-order chi connectivity index (χ1) is 7.74. The van der Waals surface area contributed by atoms with Crippen LogP contribution in [0.5, 0.6) is 0 Å². The first-order valence-corrected chi connectivity index (χ1v) is 5.80. The molecule has 0 saturated heterocycles. The minimum atomic E-state index is 0.744. The summed E-state index contributed by atoms with van der Waals surface area (Å²) in [5.74, 6) is 2.42. The highest BCUT2D eigenvalue weighted by Crippen LogP contribution is 2.37. The van der Waals surface area contributed by atoms with Gasteiger partial charge < -0.3 is 5.32 Å². The van der Waals surface area contributed by atoms with Crippen LogP contribution in [0.2, 0.25) is 0 Å². The Balaban J connectivity index is 1.79. The molecule has 0 bridgehead atoms. The van der Waals surface area contributed by atoms with Gasteiger partial charge in [-0.2, -0.15) is 4.98 Å². The molecule has 0 radical (unpaired) electrons. The standard InChI is InChI=1S/C12H16N4/c1-8-4-3-5-16-11(8)14-12(15-16)13-7-10-6-9(10)2/h3-5,9-10H,6-7H2,1-2H3,(H,13,15). The van der Waals surface area contributed by atoms with E-state index < -0.39 is 0 Å². The van der Waals surface area contributed by atoms with Gasteiger partial charge >= 0.3 is 0 Å². The van der Waals surface area contributed by atoms with Gasteiger partial charge in [0.25, 0.3) is 0 Å². The molecule has 84 valence electrons. The highest BCUT2D eigenvalue weighted by atomic mass is 15.3. The lowest BCUT2D eigenvalue weighted by Crippen LogP contribution is -2.05. The van der Waals surface area contributed by atoms with Crippen molar-refractivity contribution in [2.24, 2.45) is 11.8 Å². The number of aromatic nitrogens is 3. The van der Waals surface area contributed by atoms with Gasteiger partial charge in [0.05, 0.1) is 0 Å². The maximum absolute atomic E-state index is 4.48. The zero-order valence-electron chi connectivity index (χ0n) is 9.64. The summed E-state index contributed by atoms with van der Waals surface area (Å²) in [5, 5.41) is 7.70. The number of nitrogens with zero attached hydrogens (tertiary/aromatic N) is 3. The van der Waals surface area contributed by atoms with E-state index in [1.165, 1.54) is 6.42 Å². The van der Waals surface area contributed by atoms with Gasteiger partial charge in [0.15, 0.2) is 5.65 Å². The molecule has 2 aromatic heterocycles. The van der Waals surface area contributed by atoms with E-state index in [4.69, 9.17) is 0 Å². The van der Waals surface area contributed by atoms with Gasteiger partial charge in [0.2, 0.25) is 5.95 Å². The van der Waals surface area contributed by atoms with Crippen molar-refractivity contribution in [2.45, 2.75) is 20.3 Å². The third-order valence-electron chi connectivity index (χ3n) is 3.36. The molecule has 16 heavy (non-hydrogen) atoms. The van der Waals surface area contributed by atoms with Gasteiger partial charge in [-0.1, -0.05) is 13.0 Å². The van der Waals surface area contributed by atoms with Crippen molar-refractivity contribution in [1.82, 2.24) is 14.6 Å². The number of hydrogen-bond acceptors (Lipinski definition) is 3. The average Bonchev–Trinajstić information content (AvgIpc) is 2.79. The second kappa shape index (κ2) is 3.47. The average molecular weight is 216 g/mol. The van der Waals surface area contributed by atoms with Gasteiger partial charge in [0.1, 0.15) is 0 Å². The minimum Gasteiger partial charge on any atom is -0.353 e. The number of anilines is 1. The lowest BCUT2D eigenvalue weighted by molar-refractivity contribution is 0.780. The topological polar surface area (TPSA) is 42.2 Å². The Morgan fingerprint density at radius 3 is 3.06 bits per heavy atom. The number of rotatable bonds is 3. The van der Waals surface area contributed by atoms with E-state index in [9.17, 15) is 0 Å². The van der Waals surface area contributed by atoms with Crippen molar-refractivity contribution in [2.75, 3.05) is 11.9 Å². The highest BCUT2D eigenvalue weighted by molar-refractivity contribution is 5.49. The quantitative estimate of drug-likeness (QED) is 0.854. The van der Waals surface area contributed by atoms with Gasteiger partial charge in [0, 0.05) is 12.7 Å². The summed E-state index contributed by atoms with van der Waals surface area (Å²) in [5.41, 5.74) is 2.09. The molecule has 1 aliphatic rings. The van der Waals surface area contributed by atoms with Crippen molar-refractivity contribution < 1.29 is 0 Å². The molecule has 0 aliphatic heterocycles. The Morgan fingerprint density at radius 1 is 1.56 bits per heavy atom. The van der Waals surface area contributed by atoms with Crippen LogP contribution in [0.3, 0.4) is 0 Å². The van der Waals surface area contributed by atoms with Gasteiger partial charge in [-0.15, -0.1) is 5.10 Å². The molecule has 3 rings (SSSR count). The van der Waals surface area contributed by atoms with Crippen molar-refractivity contribution in [1.29, 1.82) is 0 Å². The molecular weight excluding hydrogens is 200 g/mol. The zero-order chi connectivity index (χ0) is 11.1. The summed E-state index contributed by atoms with van der Waals surface area (Å²) in [6, 6.07) is 4.04. The van der Waals surface area contributed by atoms with E-state index in [1.807, 2.05) is 16.8 Å². The fourth-order valence-corrected chi connectivity index (χ4v) is 2.02. The first-order valence-electron chi connectivity index (χ1n) is 5.80. The van der Waals surface area contributed by atoms with E-state index in [1.54, 1.807) is 0 Å². The molecule has 1 fully saturated rings.